The van der Waals surface area contributed by atoms with Gasteiger partial charge in [-0.25, -0.2) is 4.98 Å². The predicted molar refractivity (Wildman–Crippen MR) is 59.2 cm³/mol. The van der Waals surface area contributed by atoms with E-state index in [0.717, 1.165) is 0 Å². The Bertz CT molecular complexity index is 556. The number of nitrogens with zero attached hydrogens (tertiary/aromatic N) is 2. The topological polar surface area (TPSA) is 55.1 Å². The number of benzene rings is 1. The van der Waals surface area contributed by atoms with E-state index in [1.165, 1.54) is 4.57 Å². The fourth-order valence-corrected chi connectivity index (χ4v) is 2.11. The lowest BCUT2D eigenvalue weighted by Crippen LogP contribution is -2.10. The highest BCUT2D eigenvalue weighted by Gasteiger charge is 2.17. The molecule has 0 saturated heterocycles. The number of aliphatic carboxylic acids is 1. The number of carboxylic acid groups (broad SMARTS) is 1. The first-order valence-electron chi connectivity index (χ1n) is 4.70. The number of hydrogen-bond acceptors (Lipinski definition) is 3. The summed E-state index contributed by atoms with van der Waals surface area (Å²) in [5.74, 6) is -3.72. The standard InChI is InChI=1S/C10H8F2N2O2S/c11-9(12)17-10-13-6-3-1-2-4-7(6)14(10)5-8(15)16/h1-4,9H,5H2,(H,15,16). The van der Waals surface area contributed by atoms with Gasteiger partial charge >= 0.3 is 5.97 Å². The van der Waals surface area contributed by atoms with Crippen molar-refractivity contribution in [3.05, 3.63) is 24.3 Å². The average molecular weight is 258 g/mol. The van der Waals surface area contributed by atoms with E-state index in [0.29, 0.717) is 11.0 Å². The largest absolute Gasteiger partial charge is 0.480 e. The molecule has 7 heteroatoms. The summed E-state index contributed by atoms with van der Waals surface area (Å²) in [6.07, 6.45) is 0. The van der Waals surface area contributed by atoms with Crippen molar-refractivity contribution in [3.8, 4) is 0 Å². The van der Waals surface area contributed by atoms with Crippen LogP contribution in [0.1, 0.15) is 0 Å². The molecule has 2 aromatic rings. The van der Waals surface area contributed by atoms with Gasteiger partial charge in [-0.05, 0) is 23.9 Å². The highest BCUT2D eigenvalue weighted by Crippen LogP contribution is 2.28. The van der Waals surface area contributed by atoms with Crippen LogP contribution in [0.25, 0.3) is 11.0 Å². The second-order valence-electron chi connectivity index (χ2n) is 3.24. The average Bonchev–Trinajstić information content (AvgIpc) is 2.55. The Kier molecular flexibility index (Phi) is 3.28. The Hall–Kier alpha value is -1.63. The first-order valence-corrected chi connectivity index (χ1v) is 5.58. The fourth-order valence-electron chi connectivity index (χ4n) is 1.51. The highest BCUT2D eigenvalue weighted by atomic mass is 32.2. The van der Waals surface area contributed by atoms with Gasteiger partial charge in [-0.2, -0.15) is 8.78 Å². The molecule has 0 amide bonds. The van der Waals surface area contributed by atoms with Gasteiger partial charge in [0.2, 0.25) is 0 Å². The molecule has 0 aliphatic heterocycles. The van der Waals surface area contributed by atoms with E-state index in [9.17, 15) is 13.6 Å². The van der Waals surface area contributed by atoms with Crippen molar-refractivity contribution in [1.29, 1.82) is 0 Å². The summed E-state index contributed by atoms with van der Waals surface area (Å²) in [6.45, 7) is -0.379. The lowest BCUT2D eigenvalue weighted by atomic mass is 10.3. The van der Waals surface area contributed by atoms with Gasteiger partial charge in [0.25, 0.3) is 5.76 Å². The molecule has 0 bridgehead atoms. The van der Waals surface area contributed by atoms with Gasteiger partial charge in [-0.3, -0.25) is 4.79 Å². The quantitative estimate of drug-likeness (QED) is 0.856. The highest BCUT2D eigenvalue weighted by molar-refractivity contribution is 7.99. The van der Waals surface area contributed by atoms with Crippen molar-refractivity contribution in [2.75, 3.05) is 0 Å². The minimum atomic E-state index is -2.63. The van der Waals surface area contributed by atoms with Crippen molar-refractivity contribution in [2.24, 2.45) is 0 Å². The minimum Gasteiger partial charge on any atom is -0.480 e. The number of carbonyl (C=O) groups is 1. The number of thioether (sulfide) groups is 1. The number of halogens is 2. The van der Waals surface area contributed by atoms with E-state index in [2.05, 4.69) is 4.98 Å². The zero-order valence-electron chi connectivity index (χ0n) is 8.51. The lowest BCUT2D eigenvalue weighted by molar-refractivity contribution is -0.137. The van der Waals surface area contributed by atoms with Crippen LogP contribution in [0.5, 0.6) is 0 Å². The Morgan fingerprint density at radius 3 is 2.82 bits per heavy atom. The summed E-state index contributed by atoms with van der Waals surface area (Å²) in [5.41, 5.74) is 1.05. The third-order valence-electron chi connectivity index (χ3n) is 2.11. The van der Waals surface area contributed by atoms with Crippen LogP contribution in [0.15, 0.2) is 29.4 Å². The van der Waals surface area contributed by atoms with Crippen LogP contribution in [0.2, 0.25) is 0 Å². The number of aromatic nitrogens is 2. The van der Waals surface area contributed by atoms with E-state index in [1.54, 1.807) is 24.3 Å². The summed E-state index contributed by atoms with van der Waals surface area (Å²) in [6, 6.07) is 6.74. The Morgan fingerprint density at radius 1 is 1.47 bits per heavy atom. The number of para-hydroxylation sites is 2. The molecule has 0 spiro atoms. The first kappa shape index (κ1) is 11.8. The molecular formula is C10H8F2N2O2S. The summed E-state index contributed by atoms with van der Waals surface area (Å²) >= 11 is 0.248. The van der Waals surface area contributed by atoms with Gasteiger partial charge in [-0.15, -0.1) is 0 Å². The molecule has 0 radical (unpaired) electrons. The second-order valence-corrected chi connectivity index (χ2v) is 4.20. The normalized spacial score (nSPS) is 11.2. The van der Waals surface area contributed by atoms with Gasteiger partial charge in [0.1, 0.15) is 6.54 Å². The summed E-state index contributed by atoms with van der Waals surface area (Å²) in [4.78, 5) is 14.7. The van der Waals surface area contributed by atoms with Crippen LogP contribution in [0.3, 0.4) is 0 Å². The second kappa shape index (κ2) is 4.70. The molecule has 0 unspecified atom stereocenters. The Balaban J connectivity index is 2.52. The smallest absolute Gasteiger partial charge is 0.323 e. The summed E-state index contributed by atoms with van der Waals surface area (Å²) < 4.78 is 25.9. The van der Waals surface area contributed by atoms with Crippen LogP contribution in [-0.2, 0) is 11.3 Å². The maximum Gasteiger partial charge on any atom is 0.323 e. The predicted octanol–water partition coefficient (Wildman–Crippen LogP) is 2.44. The zero-order valence-corrected chi connectivity index (χ0v) is 9.32. The van der Waals surface area contributed by atoms with Crippen molar-refractivity contribution in [1.82, 2.24) is 9.55 Å². The number of rotatable bonds is 4. The van der Waals surface area contributed by atoms with Crippen molar-refractivity contribution in [3.63, 3.8) is 0 Å². The Labute approximate surface area is 99.3 Å². The van der Waals surface area contributed by atoms with Gasteiger partial charge in [-0.1, -0.05) is 12.1 Å². The van der Waals surface area contributed by atoms with Crippen LogP contribution >= 0.6 is 11.8 Å². The van der Waals surface area contributed by atoms with Crippen LogP contribution < -0.4 is 0 Å². The maximum absolute atomic E-state index is 12.3. The molecule has 1 aromatic heterocycles. The number of hydrogen-bond donors (Lipinski definition) is 1. The first-order chi connectivity index (χ1) is 8.08. The van der Waals surface area contributed by atoms with Crippen LogP contribution in [0.4, 0.5) is 8.78 Å². The molecule has 0 aliphatic rings. The fraction of sp³-hybridized carbons (Fsp3) is 0.200. The lowest BCUT2D eigenvalue weighted by Gasteiger charge is -2.04. The van der Waals surface area contributed by atoms with Gasteiger partial charge in [0.05, 0.1) is 11.0 Å². The molecule has 1 heterocycles. The SMILES string of the molecule is O=C(O)Cn1c(SC(F)F)nc2ccccc21. The maximum atomic E-state index is 12.3. The van der Waals surface area contributed by atoms with Crippen LogP contribution in [-0.4, -0.2) is 26.4 Å². The number of alkyl halides is 2. The van der Waals surface area contributed by atoms with Gasteiger partial charge in [0, 0.05) is 0 Å². The number of imidazole rings is 1. The summed E-state index contributed by atoms with van der Waals surface area (Å²) in [5, 5.41) is 8.78. The van der Waals surface area contributed by atoms with Crippen molar-refractivity contribution >= 4 is 28.8 Å². The van der Waals surface area contributed by atoms with E-state index < -0.39 is 11.7 Å². The molecule has 1 N–H and O–H groups in total. The molecule has 0 atom stereocenters. The van der Waals surface area contributed by atoms with Crippen LogP contribution in [0, 0.1) is 0 Å². The molecule has 4 nitrogen and oxygen atoms in total. The number of carboxylic acids is 1. The molecule has 0 fully saturated rings. The summed E-state index contributed by atoms with van der Waals surface area (Å²) in [7, 11) is 0. The molecule has 0 aliphatic carbocycles. The monoisotopic (exact) mass is 258 g/mol. The molecular weight excluding hydrogens is 250 g/mol. The molecule has 1 aromatic carbocycles. The van der Waals surface area contributed by atoms with E-state index in [-0.39, 0.29) is 23.5 Å². The van der Waals surface area contributed by atoms with Crippen molar-refractivity contribution in [2.45, 2.75) is 17.5 Å². The van der Waals surface area contributed by atoms with Gasteiger partial charge < -0.3 is 9.67 Å². The molecule has 17 heavy (non-hydrogen) atoms. The zero-order chi connectivity index (χ0) is 12.4. The Morgan fingerprint density at radius 2 is 2.18 bits per heavy atom. The number of fused-ring (bicyclic) bond motifs is 1. The van der Waals surface area contributed by atoms with E-state index in [1.807, 2.05) is 0 Å². The van der Waals surface area contributed by atoms with Gasteiger partial charge in [0.15, 0.2) is 5.16 Å². The molecule has 90 valence electrons. The van der Waals surface area contributed by atoms with E-state index >= 15 is 0 Å². The third kappa shape index (κ3) is 2.55. The molecule has 2 rings (SSSR count). The third-order valence-corrected chi connectivity index (χ3v) is 2.81. The van der Waals surface area contributed by atoms with Crippen molar-refractivity contribution < 1.29 is 18.7 Å². The molecule has 0 saturated carbocycles. The minimum absolute atomic E-state index is 0.0172. The van der Waals surface area contributed by atoms with E-state index in [4.69, 9.17) is 5.11 Å².